The van der Waals surface area contributed by atoms with Crippen LogP contribution in [0.5, 0.6) is 0 Å². The Bertz CT molecular complexity index is 1960. The molecule has 1 nitrogen and oxygen atoms in total. The van der Waals surface area contributed by atoms with Gasteiger partial charge in [-0.1, -0.05) is 115 Å². The smallest absolute Gasteiger partial charge is 0.0541 e. The average Bonchev–Trinajstić information content (AvgIpc) is 3.54. The van der Waals surface area contributed by atoms with Crippen LogP contribution < -0.4 is 0 Å². The van der Waals surface area contributed by atoms with Gasteiger partial charge in [0.25, 0.3) is 0 Å². The van der Waals surface area contributed by atoms with Crippen LogP contribution in [0.3, 0.4) is 0 Å². The third-order valence-corrected chi connectivity index (χ3v) is 8.43. The Morgan fingerprint density at radius 3 is 1.49 bits per heavy atom. The first-order valence-electron chi connectivity index (χ1n) is 14.4. The molecule has 1 heteroatoms. The molecule has 0 unspecified atom stereocenters. The van der Waals surface area contributed by atoms with Crippen molar-refractivity contribution in [2.45, 2.75) is 27.2 Å². The van der Waals surface area contributed by atoms with E-state index in [2.05, 4.69) is 159 Å². The zero-order valence-electron chi connectivity index (χ0n) is 23.9. The van der Waals surface area contributed by atoms with Crippen LogP contribution in [-0.4, -0.2) is 4.57 Å². The molecular weight excluding hydrogens is 494 g/mol. The monoisotopic (exact) mass is 527 g/mol. The maximum Gasteiger partial charge on any atom is 0.0541 e. The lowest BCUT2D eigenvalue weighted by atomic mass is 9.95. The first kappa shape index (κ1) is 25.1. The second kappa shape index (κ2) is 10.3. The van der Waals surface area contributed by atoms with Crippen molar-refractivity contribution < 1.29 is 0 Å². The third-order valence-electron chi connectivity index (χ3n) is 8.43. The van der Waals surface area contributed by atoms with Crippen LogP contribution in [0.2, 0.25) is 0 Å². The summed E-state index contributed by atoms with van der Waals surface area (Å²) >= 11 is 0. The van der Waals surface area contributed by atoms with Crippen molar-refractivity contribution in [3.63, 3.8) is 0 Å². The van der Waals surface area contributed by atoms with Crippen molar-refractivity contribution in [2.24, 2.45) is 0 Å². The van der Waals surface area contributed by atoms with Gasteiger partial charge in [-0.2, -0.15) is 0 Å². The summed E-state index contributed by atoms with van der Waals surface area (Å²) in [6.45, 7) is 6.56. The first-order valence-corrected chi connectivity index (χ1v) is 14.4. The van der Waals surface area contributed by atoms with Crippen molar-refractivity contribution in [2.75, 3.05) is 0 Å². The highest BCUT2D eigenvalue weighted by Crippen LogP contribution is 2.36. The van der Waals surface area contributed by atoms with Gasteiger partial charge in [-0.25, -0.2) is 0 Å². The topological polar surface area (TPSA) is 4.93 Å². The summed E-state index contributed by atoms with van der Waals surface area (Å²) in [4.78, 5) is 0. The lowest BCUT2D eigenvalue weighted by Crippen LogP contribution is -1.96. The minimum Gasteiger partial charge on any atom is -0.309 e. The Balaban J connectivity index is 0.000000176. The number of aromatic nitrogens is 1. The molecule has 0 atom stereocenters. The summed E-state index contributed by atoms with van der Waals surface area (Å²) in [5, 5.41) is 2.60. The van der Waals surface area contributed by atoms with E-state index in [0.29, 0.717) is 0 Å². The molecule has 7 aromatic rings. The van der Waals surface area contributed by atoms with Crippen LogP contribution in [0.15, 0.2) is 133 Å². The highest BCUT2D eigenvalue weighted by atomic mass is 15.0. The molecule has 1 aromatic heterocycles. The predicted octanol–water partition coefficient (Wildman–Crippen LogP) is 10.6. The van der Waals surface area contributed by atoms with Gasteiger partial charge in [0, 0.05) is 16.5 Å². The molecule has 0 bridgehead atoms. The lowest BCUT2D eigenvalue weighted by molar-refractivity contribution is 1.17. The van der Waals surface area contributed by atoms with Crippen molar-refractivity contribution in [3.8, 4) is 27.9 Å². The number of aryl methyl sites for hydroxylation is 3. The number of rotatable bonds is 2. The molecular formula is C40H33N. The van der Waals surface area contributed by atoms with Crippen LogP contribution in [0.4, 0.5) is 0 Å². The summed E-state index contributed by atoms with van der Waals surface area (Å²) in [5.41, 5.74) is 16.0. The average molecular weight is 528 g/mol. The molecule has 0 saturated carbocycles. The molecule has 0 amide bonds. The quantitative estimate of drug-likeness (QED) is 0.211. The number of benzene rings is 6. The van der Waals surface area contributed by atoms with Crippen LogP contribution in [-0.2, 0) is 6.42 Å². The van der Waals surface area contributed by atoms with Crippen molar-refractivity contribution in [1.82, 2.24) is 4.57 Å². The fourth-order valence-electron chi connectivity index (χ4n) is 6.49. The van der Waals surface area contributed by atoms with E-state index < -0.39 is 0 Å². The van der Waals surface area contributed by atoms with Crippen LogP contribution in [0, 0.1) is 20.8 Å². The molecule has 0 radical (unpaired) electrons. The van der Waals surface area contributed by atoms with E-state index in [1.165, 1.54) is 77.6 Å². The zero-order valence-corrected chi connectivity index (χ0v) is 23.9. The first-order chi connectivity index (χ1) is 20.1. The number of hydrogen-bond acceptors (Lipinski definition) is 0. The molecule has 41 heavy (non-hydrogen) atoms. The fourth-order valence-corrected chi connectivity index (χ4v) is 6.49. The van der Waals surface area contributed by atoms with Gasteiger partial charge >= 0.3 is 0 Å². The Morgan fingerprint density at radius 2 is 0.927 bits per heavy atom. The molecule has 0 N–H and O–H groups in total. The molecule has 6 aromatic carbocycles. The highest BCUT2D eigenvalue weighted by molar-refractivity contribution is 6.09. The second-order valence-corrected chi connectivity index (χ2v) is 11.2. The number of nitrogens with zero attached hydrogens (tertiary/aromatic N) is 1. The number of para-hydroxylation sites is 2. The van der Waals surface area contributed by atoms with E-state index in [0.717, 1.165) is 6.42 Å². The molecule has 8 rings (SSSR count). The summed E-state index contributed by atoms with van der Waals surface area (Å²) in [6, 6.07) is 48.2. The van der Waals surface area contributed by atoms with Crippen LogP contribution >= 0.6 is 0 Å². The predicted molar refractivity (Wildman–Crippen MR) is 175 cm³/mol. The number of fused-ring (bicyclic) bond motifs is 6. The SMILES string of the molecule is Cc1ccc(-c2ccc(-n3c4ccccc4c4ccccc43)cc2C)c(C)c1.c1ccc2c(c1)Cc1ccccc1-2. The van der Waals surface area contributed by atoms with E-state index in [4.69, 9.17) is 0 Å². The van der Waals surface area contributed by atoms with Gasteiger partial charge in [-0.15, -0.1) is 0 Å². The van der Waals surface area contributed by atoms with Crippen LogP contribution in [0.25, 0.3) is 49.7 Å². The van der Waals surface area contributed by atoms with E-state index in [9.17, 15) is 0 Å². The van der Waals surface area contributed by atoms with Gasteiger partial charge in [0.15, 0.2) is 0 Å². The zero-order chi connectivity index (χ0) is 27.9. The Kier molecular flexibility index (Phi) is 6.29. The van der Waals surface area contributed by atoms with Gasteiger partial charge in [-0.3, -0.25) is 0 Å². The van der Waals surface area contributed by atoms with E-state index in [1.54, 1.807) is 0 Å². The van der Waals surface area contributed by atoms with Gasteiger partial charge in [-0.05, 0) is 96.0 Å². The molecule has 1 aliphatic rings. The molecule has 0 fully saturated rings. The molecule has 1 heterocycles. The van der Waals surface area contributed by atoms with E-state index in [-0.39, 0.29) is 0 Å². The second-order valence-electron chi connectivity index (χ2n) is 11.2. The van der Waals surface area contributed by atoms with Crippen molar-refractivity contribution >= 4 is 21.8 Å². The molecule has 0 spiro atoms. The summed E-state index contributed by atoms with van der Waals surface area (Å²) < 4.78 is 2.38. The van der Waals surface area contributed by atoms with Crippen LogP contribution in [0.1, 0.15) is 27.8 Å². The molecule has 0 saturated heterocycles. The minimum atomic E-state index is 1.10. The minimum absolute atomic E-state index is 1.10. The van der Waals surface area contributed by atoms with E-state index >= 15 is 0 Å². The molecule has 0 aliphatic heterocycles. The Hall–Kier alpha value is -4.88. The maximum atomic E-state index is 2.38. The van der Waals surface area contributed by atoms with Crippen molar-refractivity contribution in [3.05, 3.63) is 161 Å². The van der Waals surface area contributed by atoms with E-state index in [1.807, 2.05) is 0 Å². The largest absolute Gasteiger partial charge is 0.309 e. The van der Waals surface area contributed by atoms with Gasteiger partial charge in [0.05, 0.1) is 11.0 Å². The van der Waals surface area contributed by atoms with Gasteiger partial charge in [0.2, 0.25) is 0 Å². The van der Waals surface area contributed by atoms with Gasteiger partial charge < -0.3 is 4.57 Å². The molecule has 198 valence electrons. The lowest BCUT2D eigenvalue weighted by Gasteiger charge is -2.14. The Morgan fingerprint density at radius 1 is 0.439 bits per heavy atom. The fraction of sp³-hybridized carbons (Fsp3) is 0.100. The van der Waals surface area contributed by atoms with Crippen molar-refractivity contribution in [1.29, 1.82) is 0 Å². The Labute approximate surface area is 242 Å². The highest BCUT2D eigenvalue weighted by Gasteiger charge is 2.16. The summed E-state index contributed by atoms with van der Waals surface area (Å²) in [7, 11) is 0. The third kappa shape index (κ3) is 4.44. The summed E-state index contributed by atoms with van der Waals surface area (Å²) in [5.74, 6) is 0. The molecule has 1 aliphatic carbocycles. The van der Waals surface area contributed by atoms with Gasteiger partial charge in [0.1, 0.15) is 0 Å². The normalized spacial score (nSPS) is 11.7. The number of hydrogen-bond donors (Lipinski definition) is 0. The standard InChI is InChI=1S/C27H23N.C13H10/c1-18-12-14-22(19(2)16-18)23-15-13-21(17-20(23)3)28-26-10-6-4-8-24(26)25-9-5-7-11-27(25)28;1-3-7-12-10(5-1)9-11-6-2-4-8-13(11)12/h4-17H,1-3H3;1-8H,9H2. The maximum absolute atomic E-state index is 2.38. The summed E-state index contributed by atoms with van der Waals surface area (Å²) in [6.07, 6.45) is 1.10.